The number of ether oxygens (including phenoxy) is 3. The highest BCUT2D eigenvalue weighted by atomic mass is 32.1. The number of thiazole rings is 1. The molecule has 2 fully saturated rings. The van der Waals surface area contributed by atoms with Crippen LogP contribution in [0.3, 0.4) is 0 Å². The summed E-state index contributed by atoms with van der Waals surface area (Å²) in [6.45, 7) is 10.7. The van der Waals surface area contributed by atoms with Crippen LogP contribution in [0.15, 0.2) is 40.1 Å². The summed E-state index contributed by atoms with van der Waals surface area (Å²) in [7, 11) is 0. The number of aromatic nitrogens is 1. The van der Waals surface area contributed by atoms with E-state index in [-0.39, 0.29) is 46.3 Å². The quantitative estimate of drug-likeness (QED) is 0.161. The standard InChI is InChI=1S/C31H37F3N6O6S/c1-5-45-29(43)21-8-10-39(11-9-21)19(2)36-17-24(35-4)28(42)38-30-37-27(26(47-30)18-46-20(3)41)22-6-7-25(23(16-22)31(32,33)34)40-12-14-44-15-13-40/h6-7,16-17,21H,4-5,8-15,18H2,1-3H3,(H,37,38,42)/b24-17-,36-19?. The zero-order valence-corrected chi connectivity index (χ0v) is 27.2. The Morgan fingerprint density at radius 3 is 2.47 bits per heavy atom. The van der Waals surface area contributed by atoms with Crippen molar-refractivity contribution in [2.24, 2.45) is 15.9 Å². The molecule has 0 unspecified atom stereocenters. The van der Waals surface area contributed by atoms with Gasteiger partial charge in [-0.1, -0.05) is 17.4 Å². The lowest BCUT2D eigenvalue weighted by atomic mass is 9.97. The number of rotatable bonds is 10. The molecule has 3 heterocycles. The highest BCUT2D eigenvalue weighted by Gasteiger charge is 2.36. The Morgan fingerprint density at radius 1 is 1.15 bits per heavy atom. The molecule has 0 saturated carbocycles. The van der Waals surface area contributed by atoms with Crippen LogP contribution in [0.2, 0.25) is 0 Å². The molecule has 16 heteroatoms. The van der Waals surface area contributed by atoms with Crippen LogP contribution < -0.4 is 10.2 Å². The van der Waals surface area contributed by atoms with E-state index in [0.717, 1.165) is 17.4 Å². The minimum absolute atomic E-state index is 0.0286. The second-order valence-corrected chi connectivity index (χ2v) is 11.8. The van der Waals surface area contributed by atoms with E-state index in [0.29, 0.717) is 69.6 Å². The SMILES string of the molecule is C=N/C(=C\N=C(C)N1CCC(C(=O)OCC)CC1)C(=O)Nc1nc(-c2ccc(N3CCOCC3)c(C(F)(F)F)c2)c(COC(C)=O)s1. The Labute approximate surface area is 274 Å². The van der Waals surface area contributed by atoms with Crippen molar-refractivity contribution in [3.63, 3.8) is 0 Å². The number of alkyl halides is 3. The van der Waals surface area contributed by atoms with Crippen molar-refractivity contribution in [1.29, 1.82) is 0 Å². The number of carbonyl (C=O) groups excluding carboxylic acids is 3. The van der Waals surface area contributed by atoms with Crippen LogP contribution >= 0.6 is 11.3 Å². The van der Waals surface area contributed by atoms with E-state index < -0.39 is 23.6 Å². The van der Waals surface area contributed by atoms with E-state index >= 15 is 0 Å². The predicted octanol–water partition coefficient (Wildman–Crippen LogP) is 4.90. The molecule has 0 aliphatic carbocycles. The summed E-state index contributed by atoms with van der Waals surface area (Å²) >= 11 is 0.952. The number of hydrogen-bond acceptors (Lipinski definition) is 11. The zero-order valence-electron chi connectivity index (χ0n) is 26.4. The number of piperidine rings is 1. The van der Waals surface area contributed by atoms with E-state index in [1.165, 1.54) is 25.3 Å². The van der Waals surface area contributed by atoms with Gasteiger partial charge in [-0.3, -0.25) is 24.7 Å². The maximum atomic E-state index is 14.2. The van der Waals surface area contributed by atoms with Gasteiger partial charge >= 0.3 is 18.1 Å². The Hall–Kier alpha value is -4.31. The first-order valence-corrected chi connectivity index (χ1v) is 15.8. The number of aliphatic imine (C=N–C) groups is 2. The van der Waals surface area contributed by atoms with Crippen molar-refractivity contribution in [1.82, 2.24) is 9.88 Å². The number of carbonyl (C=O) groups is 3. The van der Waals surface area contributed by atoms with Crippen molar-refractivity contribution in [3.8, 4) is 11.3 Å². The van der Waals surface area contributed by atoms with Gasteiger partial charge in [0.05, 0.1) is 48.1 Å². The third kappa shape index (κ3) is 9.38. The van der Waals surface area contributed by atoms with Gasteiger partial charge in [-0.25, -0.2) is 9.98 Å². The van der Waals surface area contributed by atoms with Crippen molar-refractivity contribution in [3.05, 3.63) is 40.5 Å². The Morgan fingerprint density at radius 2 is 1.85 bits per heavy atom. The van der Waals surface area contributed by atoms with Gasteiger partial charge in [0.15, 0.2) is 5.13 Å². The lowest BCUT2D eigenvalue weighted by Crippen LogP contribution is -2.39. The molecule has 0 bridgehead atoms. The van der Waals surface area contributed by atoms with Crippen molar-refractivity contribution in [2.75, 3.05) is 56.2 Å². The first-order chi connectivity index (χ1) is 22.4. The van der Waals surface area contributed by atoms with Crippen molar-refractivity contribution >= 4 is 52.6 Å². The van der Waals surface area contributed by atoms with Crippen molar-refractivity contribution < 1.29 is 41.8 Å². The van der Waals surface area contributed by atoms with Crippen LogP contribution in [0, 0.1) is 5.92 Å². The molecule has 4 rings (SSSR count). The molecule has 2 saturated heterocycles. The van der Waals surface area contributed by atoms with Crippen LogP contribution in [0.4, 0.5) is 24.0 Å². The molecule has 0 atom stereocenters. The van der Waals surface area contributed by atoms with Crippen LogP contribution in [0.5, 0.6) is 0 Å². The van der Waals surface area contributed by atoms with Gasteiger partial charge in [0.25, 0.3) is 5.91 Å². The third-order valence-electron chi connectivity index (χ3n) is 7.60. The number of likely N-dealkylation sites (tertiary alicyclic amines) is 1. The molecule has 0 spiro atoms. The van der Waals surface area contributed by atoms with Gasteiger partial charge in [-0.15, -0.1) is 0 Å². The summed E-state index contributed by atoms with van der Waals surface area (Å²) in [4.78, 5) is 53.2. The van der Waals surface area contributed by atoms with Gasteiger partial charge < -0.3 is 24.0 Å². The van der Waals surface area contributed by atoms with Crippen molar-refractivity contribution in [2.45, 2.75) is 46.4 Å². The molecule has 1 aromatic carbocycles. The second-order valence-electron chi connectivity index (χ2n) is 10.7. The Bertz CT molecular complexity index is 1530. The highest BCUT2D eigenvalue weighted by Crippen LogP contribution is 2.41. The largest absolute Gasteiger partial charge is 0.466 e. The number of nitrogens with zero attached hydrogens (tertiary/aromatic N) is 5. The molecular weight excluding hydrogens is 641 g/mol. The van der Waals surface area contributed by atoms with Gasteiger partial charge in [0, 0.05) is 44.4 Å². The number of hydrogen-bond donors (Lipinski definition) is 1. The van der Waals surface area contributed by atoms with E-state index in [4.69, 9.17) is 14.2 Å². The van der Waals surface area contributed by atoms with Gasteiger partial charge in [-0.2, -0.15) is 13.2 Å². The van der Waals surface area contributed by atoms with Gasteiger partial charge in [0.2, 0.25) is 0 Å². The number of amidine groups is 1. The molecule has 47 heavy (non-hydrogen) atoms. The number of esters is 2. The Kier molecular flexibility index (Phi) is 12.1. The topological polar surface area (TPSA) is 135 Å². The lowest BCUT2D eigenvalue weighted by molar-refractivity contribution is -0.149. The predicted molar refractivity (Wildman–Crippen MR) is 171 cm³/mol. The summed E-state index contributed by atoms with van der Waals surface area (Å²) in [5, 5.41) is 2.65. The number of amides is 1. The Balaban J connectivity index is 1.55. The number of nitrogens with one attached hydrogen (secondary N) is 1. The van der Waals surface area contributed by atoms with Crippen LogP contribution in [-0.4, -0.2) is 86.3 Å². The third-order valence-corrected chi connectivity index (χ3v) is 8.54. The van der Waals surface area contributed by atoms with Crippen LogP contribution in [0.1, 0.15) is 44.1 Å². The molecule has 2 aliphatic rings. The molecule has 2 aliphatic heterocycles. The number of benzene rings is 1. The average molecular weight is 679 g/mol. The number of morpholine rings is 1. The molecule has 2 aromatic rings. The fourth-order valence-electron chi connectivity index (χ4n) is 5.15. The molecular formula is C31H37F3N6O6S. The van der Waals surface area contributed by atoms with E-state index in [1.807, 2.05) is 4.90 Å². The number of anilines is 2. The second kappa shape index (κ2) is 16.0. The smallest absolute Gasteiger partial charge is 0.418 e. The van der Waals surface area contributed by atoms with E-state index in [1.54, 1.807) is 18.7 Å². The summed E-state index contributed by atoms with van der Waals surface area (Å²) in [6, 6.07) is 3.91. The molecule has 0 radical (unpaired) electrons. The normalized spacial score (nSPS) is 16.6. The maximum absolute atomic E-state index is 14.2. The van der Waals surface area contributed by atoms with Gasteiger partial charge in [-0.05, 0) is 45.5 Å². The van der Waals surface area contributed by atoms with E-state index in [2.05, 4.69) is 27.0 Å². The van der Waals surface area contributed by atoms with Crippen LogP contribution in [-0.2, 0) is 41.4 Å². The van der Waals surface area contributed by atoms with Crippen LogP contribution in [0.25, 0.3) is 11.3 Å². The number of halogens is 3. The molecule has 1 amide bonds. The molecule has 1 aromatic heterocycles. The monoisotopic (exact) mass is 678 g/mol. The average Bonchev–Trinajstić information content (AvgIpc) is 3.46. The first-order valence-electron chi connectivity index (χ1n) is 15.0. The highest BCUT2D eigenvalue weighted by molar-refractivity contribution is 7.16. The summed E-state index contributed by atoms with van der Waals surface area (Å²) < 4.78 is 58.2. The zero-order chi connectivity index (χ0) is 34.1. The minimum atomic E-state index is -4.66. The molecule has 254 valence electrons. The van der Waals surface area contributed by atoms with E-state index in [9.17, 15) is 27.6 Å². The molecule has 1 N–H and O–H groups in total. The fraction of sp³-hybridized carbons (Fsp3) is 0.484. The maximum Gasteiger partial charge on any atom is 0.418 e. The fourth-order valence-corrected chi connectivity index (χ4v) is 6.05. The lowest BCUT2D eigenvalue weighted by Gasteiger charge is -2.31. The van der Waals surface area contributed by atoms with Gasteiger partial charge in [0.1, 0.15) is 18.1 Å². The summed E-state index contributed by atoms with van der Waals surface area (Å²) in [6.07, 6.45) is -2.17. The minimum Gasteiger partial charge on any atom is -0.466 e. The first kappa shape index (κ1) is 35.5. The molecule has 12 nitrogen and oxygen atoms in total. The summed E-state index contributed by atoms with van der Waals surface area (Å²) in [5.74, 6) is -1.04. The summed E-state index contributed by atoms with van der Waals surface area (Å²) in [5.41, 5.74) is -0.673.